The highest BCUT2D eigenvalue weighted by atomic mass is 16.5. The molecule has 28 heavy (non-hydrogen) atoms. The normalized spacial score (nSPS) is 10.9. The number of carbonyl (C=O) groups is 1. The maximum Gasteiger partial charge on any atom is 0.335 e. The molecule has 0 atom stereocenters. The first-order valence-electron chi connectivity index (χ1n) is 9.24. The number of benzene rings is 3. The van der Waals surface area contributed by atoms with E-state index in [9.17, 15) is 4.79 Å². The lowest BCUT2D eigenvalue weighted by atomic mass is 9.98. The predicted molar refractivity (Wildman–Crippen MR) is 112 cm³/mol. The molecule has 1 heterocycles. The standard InChI is InChI=1S/C24H21NO3/c1-3-15-5-4-6-17-11-12-19(23(28-2)22(15)17)21-14-13-20(25-21)16-7-9-18(10-8-16)24(26)27/h4-14,25H,3H2,1-2H3,(H,26,27). The van der Waals surface area contributed by atoms with Crippen molar-refractivity contribution in [2.75, 3.05) is 7.11 Å². The number of carboxylic acids is 1. The van der Waals surface area contributed by atoms with Crippen LogP contribution in [-0.4, -0.2) is 23.2 Å². The molecule has 0 saturated heterocycles. The molecular formula is C24H21NO3. The average Bonchev–Trinajstić information content (AvgIpc) is 3.22. The Labute approximate surface area is 163 Å². The first-order valence-corrected chi connectivity index (χ1v) is 9.24. The molecule has 4 heteroatoms. The predicted octanol–water partition coefficient (Wildman–Crippen LogP) is 5.77. The lowest BCUT2D eigenvalue weighted by molar-refractivity contribution is 0.0697. The van der Waals surface area contributed by atoms with Gasteiger partial charge in [0.2, 0.25) is 0 Å². The van der Waals surface area contributed by atoms with Crippen LogP contribution in [0.15, 0.2) is 66.7 Å². The van der Waals surface area contributed by atoms with Crippen molar-refractivity contribution in [3.05, 3.63) is 77.9 Å². The number of methoxy groups -OCH3 is 1. The van der Waals surface area contributed by atoms with Crippen LogP contribution in [-0.2, 0) is 6.42 Å². The fraction of sp³-hybridized carbons (Fsp3) is 0.125. The van der Waals surface area contributed by atoms with Crippen molar-refractivity contribution in [3.63, 3.8) is 0 Å². The van der Waals surface area contributed by atoms with Gasteiger partial charge in [-0.05, 0) is 53.3 Å². The molecule has 4 aromatic rings. The van der Waals surface area contributed by atoms with Crippen LogP contribution < -0.4 is 4.74 Å². The molecule has 1 aromatic heterocycles. The molecule has 2 N–H and O–H groups in total. The fourth-order valence-electron chi connectivity index (χ4n) is 3.65. The highest BCUT2D eigenvalue weighted by Crippen LogP contribution is 2.39. The van der Waals surface area contributed by atoms with E-state index in [-0.39, 0.29) is 5.56 Å². The SMILES string of the molecule is CCc1cccc2ccc(-c3ccc(-c4ccc(C(=O)O)cc4)[nH]3)c(OC)c12. The monoisotopic (exact) mass is 371 g/mol. The van der Waals surface area contributed by atoms with Crippen molar-refractivity contribution in [1.82, 2.24) is 4.98 Å². The number of carboxylic acid groups (broad SMARTS) is 1. The second-order valence-corrected chi connectivity index (χ2v) is 6.68. The van der Waals surface area contributed by atoms with Gasteiger partial charge in [-0.2, -0.15) is 0 Å². The van der Waals surface area contributed by atoms with E-state index in [1.807, 2.05) is 24.3 Å². The van der Waals surface area contributed by atoms with Crippen molar-refractivity contribution < 1.29 is 14.6 Å². The minimum absolute atomic E-state index is 0.277. The Balaban J connectivity index is 1.80. The lowest BCUT2D eigenvalue weighted by Gasteiger charge is -2.14. The molecule has 4 nitrogen and oxygen atoms in total. The van der Waals surface area contributed by atoms with E-state index < -0.39 is 5.97 Å². The first-order chi connectivity index (χ1) is 13.6. The van der Waals surface area contributed by atoms with Gasteiger partial charge in [-0.15, -0.1) is 0 Å². The minimum atomic E-state index is -0.925. The number of aromatic amines is 1. The fourth-order valence-corrected chi connectivity index (χ4v) is 3.65. The molecule has 3 aromatic carbocycles. The van der Waals surface area contributed by atoms with Crippen molar-refractivity contribution >= 4 is 16.7 Å². The van der Waals surface area contributed by atoms with Gasteiger partial charge in [0.25, 0.3) is 0 Å². The number of H-pyrrole nitrogens is 1. The molecule has 4 rings (SSSR count). The van der Waals surface area contributed by atoms with Crippen LogP contribution in [0.2, 0.25) is 0 Å². The molecular weight excluding hydrogens is 350 g/mol. The molecule has 0 aliphatic rings. The van der Waals surface area contributed by atoms with Crippen LogP contribution in [0.5, 0.6) is 5.75 Å². The second-order valence-electron chi connectivity index (χ2n) is 6.68. The summed E-state index contributed by atoms with van der Waals surface area (Å²) in [6.07, 6.45) is 0.934. The summed E-state index contributed by atoms with van der Waals surface area (Å²) in [7, 11) is 1.71. The van der Waals surface area contributed by atoms with Gasteiger partial charge in [0.1, 0.15) is 5.75 Å². The molecule has 0 aliphatic carbocycles. The van der Waals surface area contributed by atoms with Crippen LogP contribution in [0, 0.1) is 0 Å². The Morgan fingerprint density at radius 2 is 1.71 bits per heavy atom. The summed E-state index contributed by atoms with van der Waals surface area (Å²) in [6, 6.07) is 21.4. The maximum absolute atomic E-state index is 11.0. The van der Waals surface area contributed by atoms with Crippen LogP contribution in [0.3, 0.4) is 0 Å². The average molecular weight is 371 g/mol. The number of fused-ring (bicyclic) bond motifs is 1. The Morgan fingerprint density at radius 3 is 2.39 bits per heavy atom. The summed E-state index contributed by atoms with van der Waals surface area (Å²) in [5.41, 5.74) is 5.36. The van der Waals surface area contributed by atoms with Gasteiger partial charge in [-0.1, -0.05) is 43.3 Å². The van der Waals surface area contributed by atoms with E-state index in [0.29, 0.717) is 0 Å². The summed E-state index contributed by atoms with van der Waals surface area (Å²) >= 11 is 0. The summed E-state index contributed by atoms with van der Waals surface area (Å²) < 4.78 is 5.83. The number of aromatic carboxylic acids is 1. The molecule has 0 unspecified atom stereocenters. The molecule has 0 amide bonds. The third-order valence-corrected chi connectivity index (χ3v) is 5.09. The Bertz CT molecular complexity index is 1160. The topological polar surface area (TPSA) is 62.3 Å². The molecule has 0 spiro atoms. The van der Waals surface area contributed by atoms with E-state index in [0.717, 1.165) is 45.5 Å². The van der Waals surface area contributed by atoms with Crippen LogP contribution >= 0.6 is 0 Å². The van der Waals surface area contributed by atoms with Crippen molar-refractivity contribution in [2.24, 2.45) is 0 Å². The van der Waals surface area contributed by atoms with E-state index in [4.69, 9.17) is 9.84 Å². The van der Waals surface area contributed by atoms with Gasteiger partial charge in [-0.3, -0.25) is 0 Å². The highest BCUT2D eigenvalue weighted by molar-refractivity contribution is 5.97. The van der Waals surface area contributed by atoms with Crippen molar-refractivity contribution in [3.8, 4) is 28.3 Å². The van der Waals surface area contributed by atoms with Crippen LogP contribution in [0.1, 0.15) is 22.8 Å². The maximum atomic E-state index is 11.0. The second kappa shape index (κ2) is 7.24. The van der Waals surface area contributed by atoms with Gasteiger partial charge in [0.05, 0.1) is 12.7 Å². The van der Waals surface area contributed by atoms with E-state index >= 15 is 0 Å². The van der Waals surface area contributed by atoms with E-state index in [2.05, 4.69) is 42.2 Å². The number of ether oxygens (including phenoxy) is 1. The largest absolute Gasteiger partial charge is 0.495 e. The minimum Gasteiger partial charge on any atom is -0.495 e. The van der Waals surface area contributed by atoms with E-state index in [1.54, 1.807) is 19.2 Å². The van der Waals surface area contributed by atoms with Crippen molar-refractivity contribution in [1.29, 1.82) is 0 Å². The van der Waals surface area contributed by atoms with Crippen LogP contribution in [0.4, 0.5) is 0 Å². The number of hydrogen-bond donors (Lipinski definition) is 2. The molecule has 0 radical (unpaired) electrons. The molecule has 0 fully saturated rings. The third-order valence-electron chi connectivity index (χ3n) is 5.09. The van der Waals surface area contributed by atoms with Gasteiger partial charge >= 0.3 is 5.97 Å². The molecule has 0 saturated carbocycles. The summed E-state index contributed by atoms with van der Waals surface area (Å²) in [4.78, 5) is 14.5. The summed E-state index contributed by atoms with van der Waals surface area (Å²) in [6.45, 7) is 2.15. The third kappa shape index (κ3) is 3.03. The zero-order valence-electron chi connectivity index (χ0n) is 15.8. The quantitative estimate of drug-likeness (QED) is 0.468. The van der Waals surface area contributed by atoms with Gasteiger partial charge < -0.3 is 14.8 Å². The summed E-state index contributed by atoms with van der Waals surface area (Å²) in [5, 5.41) is 11.4. The highest BCUT2D eigenvalue weighted by Gasteiger charge is 2.14. The molecule has 0 bridgehead atoms. The van der Waals surface area contributed by atoms with E-state index in [1.165, 1.54) is 5.56 Å². The Morgan fingerprint density at radius 1 is 0.964 bits per heavy atom. The number of aryl methyl sites for hydroxylation is 1. The number of nitrogens with one attached hydrogen (secondary N) is 1. The Hall–Kier alpha value is -3.53. The number of hydrogen-bond acceptors (Lipinski definition) is 2. The zero-order valence-corrected chi connectivity index (χ0v) is 15.8. The van der Waals surface area contributed by atoms with Gasteiger partial charge in [0, 0.05) is 22.3 Å². The number of rotatable bonds is 5. The lowest BCUT2D eigenvalue weighted by Crippen LogP contribution is -1.95. The molecule has 140 valence electrons. The smallest absolute Gasteiger partial charge is 0.335 e. The Kier molecular flexibility index (Phi) is 4.62. The van der Waals surface area contributed by atoms with Crippen molar-refractivity contribution in [2.45, 2.75) is 13.3 Å². The van der Waals surface area contributed by atoms with Crippen LogP contribution in [0.25, 0.3) is 33.3 Å². The van der Waals surface area contributed by atoms with Gasteiger partial charge in [-0.25, -0.2) is 4.79 Å². The van der Waals surface area contributed by atoms with Gasteiger partial charge in [0.15, 0.2) is 0 Å². The first kappa shape index (κ1) is 17.9. The summed E-state index contributed by atoms with van der Waals surface area (Å²) in [5.74, 6) is -0.0593. The molecule has 0 aliphatic heterocycles. The zero-order chi connectivity index (χ0) is 19.7. The number of aromatic nitrogens is 1.